The van der Waals surface area contributed by atoms with E-state index >= 15 is 0 Å². The number of hydrogen-bond donors (Lipinski definition) is 1. The van der Waals surface area contributed by atoms with E-state index in [1.165, 1.54) is 16.2 Å². The number of benzene rings is 1. The summed E-state index contributed by atoms with van der Waals surface area (Å²) in [5.41, 5.74) is 6.49. The van der Waals surface area contributed by atoms with Gasteiger partial charge in [-0.15, -0.1) is 11.3 Å². The van der Waals surface area contributed by atoms with Crippen molar-refractivity contribution in [1.82, 2.24) is 9.80 Å². The van der Waals surface area contributed by atoms with E-state index in [1.54, 1.807) is 18.0 Å². The number of halogens is 1. The van der Waals surface area contributed by atoms with Crippen molar-refractivity contribution >= 4 is 50.5 Å². The Balaban J connectivity index is 1.97. The van der Waals surface area contributed by atoms with Crippen molar-refractivity contribution in [2.45, 2.75) is 0 Å². The highest BCUT2D eigenvalue weighted by atomic mass is 35.5. The molecule has 21 heavy (non-hydrogen) atoms. The molecule has 1 aliphatic rings. The number of anilines is 1. The maximum absolute atomic E-state index is 12.6. The van der Waals surface area contributed by atoms with Crippen LogP contribution < -0.4 is 5.73 Å². The molecular formula is C14H14ClN3O2S. The number of likely N-dealkylation sites (N-methyl/N-ethyl adjacent to an activating group) is 1. The van der Waals surface area contributed by atoms with Crippen LogP contribution in [0, 0.1) is 0 Å². The Labute approximate surface area is 130 Å². The van der Waals surface area contributed by atoms with Gasteiger partial charge in [0.15, 0.2) is 0 Å². The van der Waals surface area contributed by atoms with Crippen molar-refractivity contribution in [1.29, 1.82) is 0 Å². The molecule has 1 saturated heterocycles. The van der Waals surface area contributed by atoms with Crippen molar-refractivity contribution in [3.05, 3.63) is 28.1 Å². The van der Waals surface area contributed by atoms with E-state index in [4.69, 9.17) is 17.3 Å². The predicted octanol–water partition coefficient (Wildman–Crippen LogP) is 2.05. The van der Waals surface area contributed by atoms with Gasteiger partial charge in [0.05, 0.1) is 10.7 Å². The van der Waals surface area contributed by atoms with Crippen molar-refractivity contribution in [3.63, 3.8) is 0 Å². The summed E-state index contributed by atoms with van der Waals surface area (Å²) >= 11 is 7.47. The molecule has 0 aliphatic carbocycles. The van der Waals surface area contributed by atoms with Crippen LogP contribution in [0.4, 0.5) is 5.69 Å². The molecule has 1 aliphatic heterocycles. The number of nitrogens with two attached hydrogens (primary N) is 1. The highest BCUT2D eigenvalue weighted by molar-refractivity contribution is 7.21. The molecule has 0 bridgehead atoms. The van der Waals surface area contributed by atoms with E-state index in [1.807, 2.05) is 12.1 Å². The van der Waals surface area contributed by atoms with Gasteiger partial charge in [-0.25, -0.2) is 0 Å². The van der Waals surface area contributed by atoms with Crippen LogP contribution in [-0.2, 0) is 4.79 Å². The van der Waals surface area contributed by atoms with Crippen LogP contribution in [-0.4, -0.2) is 48.3 Å². The standard InChI is InChI=1S/C14H14ClN3O2S/c1-17-5-6-18(7-10(17)19)14(20)13-12(16)11-8(15)3-2-4-9(11)21-13/h2-4H,5-7,16H2,1H3. The van der Waals surface area contributed by atoms with Gasteiger partial charge < -0.3 is 15.5 Å². The van der Waals surface area contributed by atoms with Gasteiger partial charge in [0.1, 0.15) is 11.4 Å². The van der Waals surface area contributed by atoms with E-state index in [9.17, 15) is 9.59 Å². The molecule has 0 atom stereocenters. The van der Waals surface area contributed by atoms with Gasteiger partial charge in [0.25, 0.3) is 5.91 Å². The molecular weight excluding hydrogens is 310 g/mol. The first-order valence-corrected chi connectivity index (χ1v) is 7.68. The zero-order valence-electron chi connectivity index (χ0n) is 11.4. The minimum Gasteiger partial charge on any atom is -0.397 e. The Kier molecular flexibility index (Phi) is 3.51. The van der Waals surface area contributed by atoms with Crippen molar-refractivity contribution < 1.29 is 9.59 Å². The van der Waals surface area contributed by atoms with Gasteiger partial charge in [0.2, 0.25) is 5.91 Å². The number of nitrogens with zero attached hydrogens (tertiary/aromatic N) is 2. The summed E-state index contributed by atoms with van der Waals surface area (Å²) in [7, 11) is 1.73. The first kappa shape index (κ1) is 14.2. The SMILES string of the molecule is CN1CCN(C(=O)c2sc3cccc(Cl)c3c2N)CC1=O. The summed E-state index contributed by atoms with van der Waals surface area (Å²) in [5.74, 6) is -0.265. The lowest BCUT2D eigenvalue weighted by molar-refractivity contribution is -0.133. The number of piperazine rings is 1. The topological polar surface area (TPSA) is 66.6 Å². The summed E-state index contributed by atoms with van der Waals surface area (Å²) in [6.45, 7) is 1.15. The summed E-state index contributed by atoms with van der Waals surface area (Å²) in [6, 6.07) is 5.46. The summed E-state index contributed by atoms with van der Waals surface area (Å²) in [6.07, 6.45) is 0. The van der Waals surface area contributed by atoms with Gasteiger partial charge in [0, 0.05) is 30.2 Å². The fraction of sp³-hybridized carbons (Fsp3) is 0.286. The Morgan fingerprint density at radius 2 is 2.14 bits per heavy atom. The van der Waals surface area contributed by atoms with E-state index in [0.717, 1.165) is 4.70 Å². The van der Waals surface area contributed by atoms with Crippen LogP contribution in [0.25, 0.3) is 10.1 Å². The fourth-order valence-electron chi connectivity index (χ4n) is 2.36. The number of hydrogen-bond acceptors (Lipinski definition) is 4. The Morgan fingerprint density at radius 1 is 1.38 bits per heavy atom. The maximum atomic E-state index is 12.6. The molecule has 0 radical (unpaired) electrons. The average molecular weight is 324 g/mol. The van der Waals surface area contributed by atoms with Gasteiger partial charge >= 0.3 is 0 Å². The third-order valence-electron chi connectivity index (χ3n) is 3.64. The van der Waals surface area contributed by atoms with E-state index < -0.39 is 0 Å². The first-order chi connectivity index (χ1) is 9.99. The molecule has 0 unspecified atom stereocenters. The second-order valence-electron chi connectivity index (χ2n) is 5.00. The summed E-state index contributed by atoms with van der Waals surface area (Å²) < 4.78 is 0.879. The van der Waals surface area contributed by atoms with E-state index in [2.05, 4.69) is 0 Å². The van der Waals surface area contributed by atoms with Gasteiger partial charge in [-0.05, 0) is 12.1 Å². The third-order valence-corrected chi connectivity index (χ3v) is 5.11. The maximum Gasteiger partial charge on any atom is 0.266 e. The number of carbonyl (C=O) groups excluding carboxylic acids is 2. The molecule has 1 fully saturated rings. The van der Waals surface area contributed by atoms with Crippen LogP contribution >= 0.6 is 22.9 Å². The van der Waals surface area contributed by atoms with Crippen LogP contribution in [0.15, 0.2) is 18.2 Å². The molecule has 3 rings (SSSR count). The molecule has 2 N–H and O–H groups in total. The Bertz CT molecular complexity index is 743. The summed E-state index contributed by atoms with van der Waals surface area (Å²) in [4.78, 5) is 27.9. The molecule has 2 amide bonds. The molecule has 1 aromatic heterocycles. The van der Waals surface area contributed by atoms with Crippen molar-refractivity contribution in [2.24, 2.45) is 0 Å². The Hall–Kier alpha value is -1.79. The largest absolute Gasteiger partial charge is 0.397 e. The molecule has 2 heterocycles. The van der Waals surface area contributed by atoms with Gasteiger partial charge in [-0.1, -0.05) is 17.7 Å². The normalized spacial score (nSPS) is 15.8. The zero-order valence-corrected chi connectivity index (χ0v) is 13.0. The van der Waals surface area contributed by atoms with Gasteiger partial charge in [-0.3, -0.25) is 9.59 Å². The Morgan fingerprint density at radius 3 is 2.81 bits per heavy atom. The van der Waals surface area contributed by atoms with Crippen LogP contribution in [0.1, 0.15) is 9.67 Å². The summed E-state index contributed by atoms with van der Waals surface area (Å²) in [5, 5.41) is 1.25. The smallest absolute Gasteiger partial charge is 0.266 e. The van der Waals surface area contributed by atoms with Crippen molar-refractivity contribution in [3.8, 4) is 0 Å². The van der Waals surface area contributed by atoms with E-state index in [-0.39, 0.29) is 18.4 Å². The minimum absolute atomic E-state index is 0.0627. The number of thiophene rings is 1. The number of carbonyl (C=O) groups is 2. The molecule has 2 aromatic rings. The minimum atomic E-state index is -0.203. The highest BCUT2D eigenvalue weighted by Crippen LogP contribution is 2.38. The van der Waals surface area contributed by atoms with E-state index in [0.29, 0.717) is 34.1 Å². The molecule has 110 valence electrons. The zero-order chi connectivity index (χ0) is 15.1. The van der Waals surface area contributed by atoms with Crippen LogP contribution in [0.3, 0.4) is 0 Å². The predicted molar refractivity (Wildman–Crippen MR) is 84.8 cm³/mol. The molecule has 0 saturated carbocycles. The molecule has 1 aromatic carbocycles. The quantitative estimate of drug-likeness (QED) is 0.873. The second-order valence-corrected chi connectivity index (χ2v) is 6.46. The average Bonchev–Trinajstić information content (AvgIpc) is 2.80. The molecule has 0 spiro atoms. The van der Waals surface area contributed by atoms with Crippen LogP contribution in [0.5, 0.6) is 0 Å². The molecule has 7 heteroatoms. The number of amides is 2. The van der Waals surface area contributed by atoms with Crippen molar-refractivity contribution in [2.75, 3.05) is 32.4 Å². The number of rotatable bonds is 1. The fourth-order valence-corrected chi connectivity index (χ4v) is 3.81. The number of fused-ring (bicyclic) bond motifs is 1. The van der Waals surface area contributed by atoms with Crippen LogP contribution in [0.2, 0.25) is 5.02 Å². The molecule has 5 nitrogen and oxygen atoms in total. The monoisotopic (exact) mass is 323 g/mol. The highest BCUT2D eigenvalue weighted by Gasteiger charge is 2.28. The third kappa shape index (κ3) is 2.34. The second kappa shape index (κ2) is 5.20. The first-order valence-electron chi connectivity index (χ1n) is 6.48. The van der Waals surface area contributed by atoms with Gasteiger partial charge in [-0.2, -0.15) is 0 Å². The lowest BCUT2D eigenvalue weighted by atomic mass is 10.2. The lowest BCUT2D eigenvalue weighted by Crippen LogP contribution is -2.50. The lowest BCUT2D eigenvalue weighted by Gasteiger charge is -2.31. The number of nitrogen functional groups attached to an aromatic ring is 1.